The van der Waals surface area contributed by atoms with E-state index in [4.69, 9.17) is 9.47 Å². The number of nitrogens with one attached hydrogen (secondary N) is 2. The average Bonchev–Trinajstić information content (AvgIpc) is 2.55. The SMILES string of the molecule is CCOc1ccccc1NC(=O)NCc1cccc(OC)c1. The topological polar surface area (TPSA) is 59.6 Å². The molecule has 2 N–H and O–H groups in total. The van der Waals surface area contributed by atoms with Crippen LogP contribution in [0.5, 0.6) is 11.5 Å². The fourth-order valence-electron chi connectivity index (χ4n) is 1.98. The maximum absolute atomic E-state index is 12.0. The molecule has 2 amide bonds. The molecule has 5 heteroatoms. The molecule has 22 heavy (non-hydrogen) atoms. The van der Waals surface area contributed by atoms with Gasteiger partial charge in [-0.2, -0.15) is 0 Å². The maximum Gasteiger partial charge on any atom is 0.319 e. The van der Waals surface area contributed by atoms with Crippen molar-refractivity contribution in [3.63, 3.8) is 0 Å². The summed E-state index contributed by atoms with van der Waals surface area (Å²) < 4.78 is 10.6. The number of ether oxygens (including phenoxy) is 2. The van der Waals surface area contributed by atoms with E-state index in [9.17, 15) is 4.79 Å². The third-order valence-electron chi connectivity index (χ3n) is 3.02. The summed E-state index contributed by atoms with van der Waals surface area (Å²) >= 11 is 0. The molecule has 0 heterocycles. The minimum absolute atomic E-state index is 0.282. The quantitative estimate of drug-likeness (QED) is 0.859. The van der Waals surface area contributed by atoms with Gasteiger partial charge < -0.3 is 20.1 Å². The Labute approximate surface area is 130 Å². The van der Waals surface area contributed by atoms with Gasteiger partial charge in [-0.3, -0.25) is 0 Å². The number of rotatable bonds is 6. The van der Waals surface area contributed by atoms with Gasteiger partial charge in [-0.1, -0.05) is 24.3 Å². The molecule has 0 saturated carbocycles. The molecule has 2 rings (SSSR count). The highest BCUT2D eigenvalue weighted by Gasteiger charge is 2.07. The lowest BCUT2D eigenvalue weighted by Crippen LogP contribution is -2.28. The van der Waals surface area contributed by atoms with Crippen LogP contribution in [0.3, 0.4) is 0 Å². The van der Waals surface area contributed by atoms with E-state index in [1.807, 2.05) is 49.4 Å². The number of benzene rings is 2. The second-order valence-corrected chi connectivity index (χ2v) is 4.59. The minimum Gasteiger partial charge on any atom is -0.497 e. The van der Waals surface area contributed by atoms with E-state index >= 15 is 0 Å². The van der Waals surface area contributed by atoms with Gasteiger partial charge in [-0.25, -0.2) is 4.79 Å². The molecule has 0 bridgehead atoms. The van der Waals surface area contributed by atoms with Gasteiger partial charge in [-0.05, 0) is 36.8 Å². The number of urea groups is 1. The molecule has 5 nitrogen and oxygen atoms in total. The highest BCUT2D eigenvalue weighted by atomic mass is 16.5. The van der Waals surface area contributed by atoms with Gasteiger partial charge in [0.2, 0.25) is 0 Å². The number of para-hydroxylation sites is 2. The largest absolute Gasteiger partial charge is 0.497 e. The van der Waals surface area contributed by atoms with Gasteiger partial charge in [0.05, 0.1) is 19.4 Å². The predicted molar refractivity (Wildman–Crippen MR) is 86.5 cm³/mol. The third kappa shape index (κ3) is 4.41. The molecule has 0 atom stereocenters. The summed E-state index contributed by atoms with van der Waals surface area (Å²) in [5, 5.41) is 5.59. The highest BCUT2D eigenvalue weighted by Crippen LogP contribution is 2.23. The van der Waals surface area contributed by atoms with E-state index in [0.29, 0.717) is 24.6 Å². The van der Waals surface area contributed by atoms with Gasteiger partial charge in [0, 0.05) is 6.54 Å². The van der Waals surface area contributed by atoms with E-state index in [0.717, 1.165) is 11.3 Å². The zero-order valence-electron chi connectivity index (χ0n) is 12.8. The molecule has 2 aromatic rings. The number of anilines is 1. The second-order valence-electron chi connectivity index (χ2n) is 4.59. The first-order valence-corrected chi connectivity index (χ1v) is 7.12. The van der Waals surface area contributed by atoms with Crippen LogP contribution in [0.25, 0.3) is 0 Å². The van der Waals surface area contributed by atoms with Crippen LogP contribution >= 0.6 is 0 Å². The molecule has 2 aromatic carbocycles. The lowest BCUT2D eigenvalue weighted by Gasteiger charge is -2.12. The van der Waals surface area contributed by atoms with Gasteiger partial charge in [0.1, 0.15) is 11.5 Å². The van der Waals surface area contributed by atoms with Crippen molar-refractivity contribution in [1.29, 1.82) is 0 Å². The first-order chi connectivity index (χ1) is 10.7. The number of hydrogen-bond donors (Lipinski definition) is 2. The van der Waals surface area contributed by atoms with Crippen LogP contribution < -0.4 is 20.1 Å². The molecule has 0 spiro atoms. The van der Waals surface area contributed by atoms with Crippen LogP contribution in [0.15, 0.2) is 48.5 Å². The zero-order valence-corrected chi connectivity index (χ0v) is 12.8. The molecule has 0 aromatic heterocycles. The Morgan fingerprint density at radius 2 is 1.95 bits per heavy atom. The number of amides is 2. The first kappa shape index (κ1) is 15.7. The summed E-state index contributed by atoms with van der Waals surface area (Å²) in [5.41, 5.74) is 1.61. The lowest BCUT2D eigenvalue weighted by molar-refractivity contribution is 0.251. The van der Waals surface area contributed by atoms with E-state index in [1.165, 1.54) is 0 Å². The molecule has 0 fully saturated rings. The molecule has 0 radical (unpaired) electrons. The Morgan fingerprint density at radius 1 is 1.14 bits per heavy atom. The Balaban J connectivity index is 1.93. The summed E-state index contributed by atoms with van der Waals surface area (Å²) in [6, 6.07) is 14.6. The first-order valence-electron chi connectivity index (χ1n) is 7.12. The maximum atomic E-state index is 12.0. The highest BCUT2D eigenvalue weighted by molar-refractivity contribution is 5.90. The summed E-state index contributed by atoms with van der Waals surface area (Å²) in [6.45, 7) is 2.86. The van der Waals surface area contributed by atoms with Gasteiger partial charge >= 0.3 is 6.03 Å². The second kappa shape index (κ2) is 7.93. The van der Waals surface area contributed by atoms with Crippen molar-refractivity contribution in [1.82, 2.24) is 5.32 Å². The zero-order chi connectivity index (χ0) is 15.8. The number of hydrogen-bond acceptors (Lipinski definition) is 3. The van der Waals surface area contributed by atoms with Crippen LogP contribution in [0, 0.1) is 0 Å². The molecule has 0 unspecified atom stereocenters. The summed E-state index contributed by atoms with van der Waals surface area (Å²) in [6.07, 6.45) is 0. The third-order valence-corrected chi connectivity index (χ3v) is 3.02. The molecular weight excluding hydrogens is 280 g/mol. The number of methoxy groups -OCH3 is 1. The monoisotopic (exact) mass is 300 g/mol. The van der Waals surface area contributed by atoms with E-state index in [1.54, 1.807) is 13.2 Å². The fourth-order valence-corrected chi connectivity index (χ4v) is 1.98. The predicted octanol–water partition coefficient (Wildman–Crippen LogP) is 3.42. The fraction of sp³-hybridized carbons (Fsp3) is 0.235. The van der Waals surface area contributed by atoms with Gasteiger partial charge in [-0.15, -0.1) is 0 Å². The summed E-state index contributed by atoms with van der Waals surface area (Å²) in [5.74, 6) is 1.42. The number of carbonyl (C=O) groups is 1. The molecule has 0 aliphatic rings. The van der Waals surface area contributed by atoms with Crippen LogP contribution in [0.2, 0.25) is 0 Å². The Kier molecular flexibility index (Phi) is 5.65. The van der Waals surface area contributed by atoms with Crippen molar-refractivity contribution in [2.45, 2.75) is 13.5 Å². The van der Waals surface area contributed by atoms with Crippen molar-refractivity contribution in [2.24, 2.45) is 0 Å². The number of carbonyl (C=O) groups excluding carboxylic acids is 1. The van der Waals surface area contributed by atoms with Crippen molar-refractivity contribution in [3.05, 3.63) is 54.1 Å². The van der Waals surface area contributed by atoms with Crippen LogP contribution in [-0.2, 0) is 6.54 Å². The van der Waals surface area contributed by atoms with Gasteiger partial charge in [0.25, 0.3) is 0 Å². The standard InChI is InChI=1S/C17H20N2O3/c1-3-22-16-10-5-4-9-15(16)19-17(20)18-12-13-7-6-8-14(11-13)21-2/h4-11H,3,12H2,1-2H3,(H2,18,19,20). The van der Waals surface area contributed by atoms with Crippen molar-refractivity contribution < 1.29 is 14.3 Å². The Bertz CT molecular complexity index is 629. The van der Waals surface area contributed by atoms with Crippen LogP contribution in [0.1, 0.15) is 12.5 Å². The molecular formula is C17H20N2O3. The van der Waals surface area contributed by atoms with Gasteiger partial charge in [0.15, 0.2) is 0 Å². The van der Waals surface area contributed by atoms with Crippen molar-refractivity contribution in [2.75, 3.05) is 19.0 Å². The molecule has 0 aliphatic carbocycles. The van der Waals surface area contributed by atoms with E-state index < -0.39 is 0 Å². The minimum atomic E-state index is -0.282. The van der Waals surface area contributed by atoms with Crippen LogP contribution in [0.4, 0.5) is 10.5 Å². The van der Waals surface area contributed by atoms with Crippen molar-refractivity contribution in [3.8, 4) is 11.5 Å². The molecule has 0 saturated heterocycles. The smallest absolute Gasteiger partial charge is 0.319 e. The van der Waals surface area contributed by atoms with Crippen molar-refractivity contribution >= 4 is 11.7 Å². The molecule has 0 aliphatic heterocycles. The van der Waals surface area contributed by atoms with Crippen LogP contribution in [-0.4, -0.2) is 19.7 Å². The van der Waals surface area contributed by atoms with E-state index in [-0.39, 0.29) is 6.03 Å². The average molecular weight is 300 g/mol. The summed E-state index contributed by atoms with van der Waals surface area (Å²) in [7, 11) is 1.61. The van der Waals surface area contributed by atoms with E-state index in [2.05, 4.69) is 10.6 Å². The molecule has 116 valence electrons. The lowest BCUT2D eigenvalue weighted by atomic mass is 10.2. The normalized spacial score (nSPS) is 9.91. The Hall–Kier alpha value is -2.69. The Morgan fingerprint density at radius 3 is 2.73 bits per heavy atom. The summed E-state index contributed by atoms with van der Waals surface area (Å²) in [4.78, 5) is 12.0.